The van der Waals surface area contributed by atoms with Crippen LogP contribution in [0.25, 0.3) is 16.8 Å². The van der Waals surface area contributed by atoms with Crippen molar-refractivity contribution in [2.45, 2.75) is 13.8 Å². The van der Waals surface area contributed by atoms with Gasteiger partial charge >= 0.3 is 0 Å². The second-order valence-corrected chi connectivity index (χ2v) is 9.99. The van der Waals surface area contributed by atoms with Crippen LogP contribution in [0.5, 0.6) is 0 Å². The largest absolute Gasteiger partial charge is 0.399 e. The van der Waals surface area contributed by atoms with Gasteiger partial charge in [0.25, 0.3) is 0 Å². The Balaban J connectivity index is 0.000000271. The lowest BCUT2D eigenvalue weighted by atomic mass is 10.0. The molecule has 5 aromatic carbocycles. The Hall–Kier alpha value is -5.74. The maximum absolute atomic E-state index is 6.31. The van der Waals surface area contributed by atoms with Crippen LogP contribution < -0.4 is 22.1 Å². The normalized spacial score (nSPS) is 10.3. The molecule has 4 heteroatoms. The van der Waals surface area contributed by atoms with Crippen molar-refractivity contribution >= 4 is 39.6 Å². The van der Waals surface area contributed by atoms with Crippen LogP contribution in [0.4, 0.5) is 22.7 Å². The average Bonchev–Trinajstić information content (AvgIpc) is 3.06. The van der Waals surface area contributed by atoms with E-state index in [1.165, 1.54) is 5.56 Å². The van der Waals surface area contributed by atoms with Crippen LogP contribution in [0, 0.1) is 6.92 Å². The van der Waals surface area contributed by atoms with Crippen molar-refractivity contribution in [2.24, 2.45) is 5.73 Å². The molecule has 0 saturated heterocycles. The first-order valence-electron chi connectivity index (χ1n) is 14.7. The molecule has 0 amide bonds. The zero-order chi connectivity index (χ0) is 32.9. The van der Waals surface area contributed by atoms with Gasteiger partial charge in [-0.1, -0.05) is 140 Å². The third-order valence-electron chi connectivity index (χ3n) is 6.38. The van der Waals surface area contributed by atoms with E-state index >= 15 is 0 Å². The third kappa shape index (κ3) is 13.4. The van der Waals surface area contributed by atoms with Crippen LogP contribution in [0.2, 0.25) is 0 Å². The molecule has 45 heavy (non-hydrogen) atoms. The van der Waals surface area contributed by atoms with Crippen LogP contribution >= 0.6 is 0 Å². The molecule has 0 fully saturated rings. The number of rotatable bonds is 6. The van der Waals surface area contributed by atoms with Crippen molar-refractivity contribution in [1.29, 1.82) is 0 Å². The number of benzene rings is 5. The number of nitrogens with zero attached hydrogens (tertiary/aromatic N) is 1. The summed E-state index contributed by atoms with van der Waals surface area (Å²) in [6.45, 7) is 11.2. The Morgan fingerprint density at radius 2 is 1.31 bits per heavy atom. The van der Waals surface area contributed by atoms with E-state index in [-0.39, 0.29) is 0 Å². The van der Waals surface area contributed by atoms with Gasteiger partial charge in [-0.05, 0) is 67.3 Å². The van der Waals surface area contributed by atoms with E-state index in [1.807, 2.05) is 110 Å². The molecule has 5 rings (SSSR count). The molecule has 0 atom stereocenters. The molecule has 0 bridgehead atoms. The SMILES string of the molecule is C=C(N)/C=C\c1ccc2cc(N(C)c3ccccc3)ccc2c1N.C=C/C=C\C=C/C.Cc1ccccc1.Nc1ccccc1. The molecule has 0 unspecified atom stereocenters. The predicted octanol–water partition coefficient (Wildman–Crippen LogP) is 10.2. The number of anilines is 4. The minimum absolute atomic E-state index is 0.509. The number of hydrogen-bond acceptors (Lipinski definition) is 4. The number of hydrogen-bond donors (Lipinski definition) is 3. The lowest BCUT2D eigenvalue weighted by Gasteiger charge is -2.20. The molecule has 0 spiro atoms. The first-order chi connectivity index (χ1) is 21.8. The van der Waals surface area contributed by atoms with Crippen molar-refractivity contribution in [2.75, 3.05) is 23.4 Å². The molecule has 6 N–H and O–H groups in total. The first-order valence-corrected chi connectivity index (χ1v) is 14.7. The fourth-order valence-electron chi connectivity index (χ4n) is 3.95. The monoisotopic (exact) mass is 594 g/mol. The molecular formula is C41H46N4. The van der Waals surface area contributed by atoms with Gasteiger partial charge in [-0.25, -0.2) is 0 Å². The minimum Gasteiger partial charge on any atom is -0.399 e. The first kappa shape index (κ1) is 35.5. The Bertz CT molecular complexity index is 1630. The Morgan fingerprint density at radius 3 is 1.80 bits per heavy atom. The van der Waals surface area contributed by atoms with Gasteiger partial charge in [0, 0.05) is 40.9 Å². The van der Waals surface area contributed by atoms with Gasteiger partial charge in [0.2, 0.25) is 0 Å². The molecule has 0 radical (unpaired) electrons. The van der Waals surface area contributed by atoms with Gasteiger partial charge in [0.15, 0.2) is 0 Å². The fourth-order valence-corrected chi connectivity index (χ4v) is 3.95. The topological polar surface area (TPSA) is 81.3 Å². The van der Waals surface area contributed by atoms with E-state index in [4.69, 9.17) is 17.2 Å². The highest BCUT2D eigenvalue weighted by atomic mass is 15.1. The van der Waals surface area contributed by atoms with Crippen molar-refractivity contribution < 1.29 is 0 Å². The lowest BCUT2D eigenvalue weighted by Crippen LogP contribution is -2.09. The van der Waals surface area contributed by atoms with Gasteiger partial charge in [0.1, 0.15) is 0 Å². The molecule has 230 valence electrons. The summed E-state index contributed by atoms with van der Waals surface area (Å²) >= 11 is 0. The Labute approximate surface area is 269 Å². The molecule has 0 aliphatic carbocycles. The van der Waals surface area contributed by atoms with Gasteiger partial charge < -0.3 is 22.1 Å². The summed E-state index contributed by atoms with van der Waals surface area (Å²) in [4.78, 5) is 2.15. The smallest absolute Gasteiger partial charge is 0.0467 e. The summed E-state index contributed by atoms with van der Waals surface area (Å²) in [7, 11) is 2.06. The number of allylic oxidation sites excluding steroid dienone is 6. The van der Waals surface area contributed by atoms with Crippen molar-refractivity contribution in [3.63, 3.8) is 0 Å². The standard InChI is InChI=1S/C21H21N3.C7H8.C7H10.C6H7N/c1-15(22)8-9-16-10-11-17-14-19(12-13-20(17)21(16)23)24(2)18-6-4-3-5-7-18;1-7-5-3-2-4-6-7;1-3-5-7-6-4-2;7-6-4-2-1-3-5-6/h3-14H,1,22-23H2,2H3;2-6H,1H3;3-7H,1H2,2H3;1-5H,7H2/b9-8-;;6-4-,7-5-;. The highest BCUT2D eigenvalue weighted by Crippen LogP contribution is 2.31. The van der Waals surface area contributed by atoms with E-state index in [9.17, 15) is 0 Å². The summed E-state index contributed by atoms with van der Waals surface area (Å²) in [5.74, 6) is 0. The van der Waals surface area contributed by atoms with Gasteiger partial charge in [-0.3, -0.25) is 0 Å². The van der Waals surface area contributed by atoms with Gasteiger partial charge in [0.05, 0.1) is 0 Å². The van der Waals surface area contributed by atoms with E-state index in [2.05, 4.69) is 80.6 Å². The fraction of sp³-hybridized carbons (Fsp3) is 0.0732. The molecule has 0 heterocycles. The van der Waals surface area contributed by atoms with Crippen LogP contribution in [-0.2, 0) is 0 Å². The minimum atomic E-state index is 0.509. The van der Waals surface area contributed by atoms with E-state index in [0.29, 0.717) is 5.70 Å². The molecular weight excluding hydrogens is 548 g/mol. The maximum Gasteiger partial charge on any atom is 0.0467 e. The molecule has 0 aliphatic heterocycles. The number of nitrogens with two attached hydrogens (primary N) is 3. The van der Waals surface area contributed by atoms with Gasteiger partial charge in [-0.2, -0.15) is 0 Å². The summed E-state index contributed by atoms with van der Waals surface area (Å²) in [5.41, 5.74) is 23.9. The number of fused-ring (bicyclic) bond motifs is 1. The Morgan fingerprint density at radius 1 is 0.711 bits per heavy atom. The zero-order valence-electron chi connectivity index (χ0n) is 26.7. The molecule has 0 saturated carbocycles. The van der Waals surface area contributed by atoms with Crippen molar-refractivity contribution in [3.05, 3.63) is 188 Å². The van der Waals surface area contributed by atoms with Crippen molar-refractivity contribution in [3.8, 4) is 0 Å². The van der Waals surface area contributed by atoms with Crippen LogP contribution in [0.1, 0.15) is 18.1 Å². The van der Waals surface area contributed by atoms with Crippen LogP contribution in [0.3, 0.4) is 0 Å². The second kappa shape index (κ2) is 20.2. The maximum atomic E-state index is 6.31. The molecule has 4 nitrogen and oxygen atoms in total. The molecule has 0 aliphatic rings. The van der Waals surface area contributed by atoms with Crippen molar-refractivity contribution in [1.82, 2.24) is 0 Å². The highest BCUT2D eigenvalue weighted by Gasteiger charge is 2.07. The second-order valence-electron chi connectivity index (χ2n) is 9.99. The van der Waals surface area contributed by atoms with Crippen LogP contribution in [-0.4, -0.2) is 7.05 Å². The molecule has 5 aromatic rings. The summed E-state index contributed by atoms with van der Waals surface area (Å²) in [5, 5.41) is 2.14. The predicted molar refractivity (Wildman–Crippen MR) is 201 cm³/mol. The quantitative estimate of drug-likeness (QED) is 0.135. The van der Waals surface area contributed by atoms with E-state index in [1.54, 1.807) is 12.2 Å². The molecule has 0 aromatic heterocycles. The lowest BCUT2D eigenvalue weighted by molar-refractivity contribution is 1.21. The number of nitrogen functional groups attached to an aromatic ring is 2. The summed E-state index contributed by atoms with van der Waals surface area (Å²) in [6.07, 6.45) is 13.2. The third-order valence-corrected chi connectivity index (χ3v) is 6.38. The number of para-hydroxylation sites is 2. The average molecular weight is 595 g/mol. The van der Waals surface area contributed by atoms with E-state index < -0.39 is 0 Å². The van der Waals surface area contributed by atoms with Gasteiger partial charge in [-0.15, -0.1) is 0 Å². The number of aryl methyl sites for hydroxylation is 1. The highest BCUT2D eigenvalue weighted by molar-refractivity contribution is 5.98. The van der Waals surface area contributed by atoms with Crippen LogP contribution in [0.15, 0.2) is 177 Å². The van der Waals surface area contributed by atoms with E-state index in [0.717, 1.165) is 39.1 Å². The zero-order valence-corrected chi connectivity index (χ0v) is 26.7. The summed E-state index contributed by atoms with van der Waals surface area (Å²) < 4.78 is 0. The Kier molecular flexibility index (Phi) is 15.9. The summed E-state index contributed by atoms with van der Waals surface area (Å²) in [6, 6.07) is 40.4.